The highest BCUT2D eigenvalue weighted by Crippen LogP contribution is 2.32. The Hall–Kier alpha value is -2.96. The average Bonchev–Trinajstić information content (AvgIpc) is 3.35. The minimum absolute atomic E-state index is 0.00196. The minimum Gasteiger partial charge on any atom is -0.365 e. The average molecular weight is 379 g/mol. The normalized spacial score (nSPS) is 16.3. The van der Waals surface area contributed by atoms with Crippen molar-refractivity contribution in [1.82, 2.24) is 19.7 Å². The number of hydrogen-bond acceptors (Lipinski definition) is 5. The summed E-state index contributed by atoms with van der Waals surface area (Å²) in [6.07, 6.45) is 1.80. The van der Waals surface area contributed by atoms with E-state index in [0.29, 0.717) is 35.6 Å². The van der Waals surface area contributed by atoms with Gasteiger partial charge >= 0.3 is 0 Å². The second-order valence-corrected chi connectivity index (χ2v) is 6.71. The molecule has 1 aliphatic rings. The Morgan fingerprint density at radius 1 is 1.04 bits per heavy atom. The van der Waals surface area contributed by atoms with Crippen LogP contribution in [0.1, 0.15) is 17.4 Å². The molecule has 5 rings (SSSR count). The van der Waals surface area contributed by atoms with Crippen LogP contribution >= 0.6 is 11.6 Å². The number of hydrogen-bond donors (Lipinski definition) is 0. The van der Waals surface area contributed by atoms with Crippen LogP contribution in [0.5, 0.6) is 0 Å². The summed E-state index contributed by atoms with van der Waals surface area (Å²) < 4.78 is 13.6. The Bertz CT molecular complexity index is 1090. The van der Waals surface area contributed by atoms with Gasteiger partial charge in [-0.05, 0) is 17.7 Å². The van der Waals surface area contributed by atoms with E-state index < -0.39 is 0 Å². The lowest BCUT2D eigenvalue weighted by Gasteiger charge is -2.25. The lowest BCUT2D eigenvalue weighted by Crippen LogP contribution is -2.20. The second kappa shape index (κ2) is 6.64. The fourth-order valence-corrected chi connectivity index (χ4v) is 3.47. The zero-order chi connectivity index (χ0) is 18.2. The van der Waals surface area contributed by atoms with Crippen LogP contribution in [-0.4, -0.2) is 19.7 Å². The molecule has 2 aromatic heterocycles. The third-order valence-corrected chi connectivity index (χ3v) is 4.97. The van der Waals surface area contributed by atoms with E-state index in [2.05, 4.69) is 31.8 Å². The zero-order valence-corrected chi connectivity index (χ0v) is 15.0. The van der Waals surface area contributed by atoms with Crippen LogP contribution in [0, 0.1) is 0 Å². The van der Waals surface area contributed by atoms with E-state index in [9.17, 15) is 0 Å². The van der Waals surface area contributed by atoms with Gasteiger partial charge in [0.2, 0.25) is 5.82 Å². The first-order valence-electron chi connectivity index (χ1n) is 8.59. The number of fused-ring (bicyclic) bond motifs is 1. The van der Waals surface area contributed by atoms with E-state index in [1.807, 2.05) is 36.4 Å². The maximum atomic E-state index is 6.22. The molecule has 7 heteroatoms. The van der Waals surface area contributed by atoms with E-state index >= 15 is 0 Å². The van der Waals surface area contributed by atoms with Crippen LogP contribution in [0.3, 0.4) is 0 Å². The van der Waals surface area contributed by atoms with E-state index in [1.54, 1.807) is 12.4 Å². The van der Waals surface area contributed by atoms with Gasteiger partial charge in [0.05, 0.1) is 30.2 Å². The Balaban J connectivity index is 1.44. The molecule has 0 saturated carbocycles. The lowest BCUT2D eigenvalue weighted by molar-refractivity contribution is 0.00330. The van der Waals surface area contributed by atoms with Crippen LogP contribution in [-0.2, 0) is 17.9 Å². The molecule has 134 valence electrons. The molecule has 0 amide bonds. The number of halogens is 1. The van der Waals surface area contributed by atoms with E-state index in [1.165, 1.54) is 0 Å². The molecule has 0 fully saturated rings. The van der Waals surface area contributed by atoms with Crippen molar-refractivity contribution < 1.29 is 9.26 Å². The third kappa shape index (κ3) is 2.93. The van der Waals surface area contributed by atoms with Gasteiger partial charge in [-0.1, -0.05) is 59.2 Å². The van der Waals surface area contributed by atoms with Gasteiger partial charge in [-0.3, -0.25) is 0 Å². The van der Waals surface area contributed by atoms with Crippen molar-refractivity contribution in [2.75, 3.05) is 0 Å². The molecule has 27 heavy (non-hydrogen) atoms. The van der Waals surface area contributed by atoms with E-state index in [0.717, 1.165) is 16.8 Å². The Morgan fingerprint density at radius 3 is 2.70 bits per heavy atom. The molecule has 0 aliphatic carbocycles. The molecule has 0 N–H and O–H groups in total. The van der Waals surface area contributed by atoms with E-state index in [-0.39, 0.29) is 6.10 Å². The Morgan fingerprint density at radius 2 is 1.85 bits per heavy atom. The fourth-order valence-electron chi connectivity index (χ4n) is 3.25. The molecule has 1 atom stereocenters. The van der Waals surface area contributed by atoms with Crippen molar-refractivity contribution in [3.05, 3.63) is 77.2 Å². The molecule has 0 bridgehead atoms. The highest BCUT2D eigenvalue weighted by Gasteiger charge is 2.26. The van der Waals surface area contributed by atoms with Crippen LogP contribution in [0.25, 0.3) is 23.0 Å². The largest absolute Gasteiger partial charge is 0.365 e. The fraction of sp³-hybridized carbons (Fsp3) is 0.150. The van der Waals surface area contributed by atoms with Crippen molar-refractivity contribution in [3.63, 3.8) is 0 Å². The third-order valence-electron chi connectivity index (χ3n) is 4.64. The van der Waals surface area contributed by atoms with Crippen molar-refractivity contribution >= 4 is 11.6 Å². The van der Waals surface area contributed by atoms with Gasteiger partial charge in [0.1, 0.15) is 6.10 Å². The smallest absolute Gasteiger partial charge is 0.278 e. The molecule has 4 aromatic rings. The summed E-state index contributed by atoms with van der Waals surface area (Å²) in [6.45, 7) is 1.12. The summed E-state index contributed by atoms with van der Waals surface area (Å²) >= 11 is 6.22. The van der Waals surface area contributed by atoms with Crippen molar-refractivity contribution in [2.24, 2.45) is 0 Å². The van der Waals surface area contributed by atoms with Gasteiger partial charge in [0.15, 0.2) is 5.69 Å². The van der Waals surface area contributed by atoms with Crippen LogP contribution in [0.15, 0.2) is 65.4 Å². The van der Waals surface area contributed by atoms with E-state index in [4.69, 9.17) is 20.9 Å². The summed E-state index contributed by atoms with van der Waals surface area (Å²) in [5, 5.41) is 4.63. The first-order chi connectivity index (χ1) is 13.3. The molecule has 0 spiro atoms. The van der Waals surface area contributed by atoms with Crippen molar-refractivity contribution in [1.29, 1.82) is 0 Å². The molecule has 6 nitrogen and oxygen atoms in total. The predicted octanol–water partition coefficient (Wildman–Crippen LogP) is 4.53. The number of nitrogens with zero attached hydrogens (tertiary/aromatic N) is 4. The molecule has 0 unspecified atom stereocenters. The predicted molar refractivity (Wildman–Crippen MR) is 99.9 cm³/mol. The van der Waals surface area contributed by atoms with Crippen molar-refractivity contribution in [3.8, 4) is 23.0 Å². The minimum atomic E-state index is 0.00196. The Labute approximate surface area is 160 Å². The summed E-state index contributed by atoms with van der Waals surface area (Å²) in [6, 6.07) is 17.6. The van der Waals surface area contributed by atoms with Gasteiger partial charge in [0.25, 0.3) is 5.89 Å². The molecular weight excluding hydrogens is 364 g/mol. The number of benzene rings is 2. The topological polar surface area (TPSA) is 66.0 Å². The SMILES string of the molecule is Clc1ccccc1-c1noc(-c2ncn3c2CO[C@@H](c2ccccc2)C3)n1. The van der Waals surface area contributed by atoms with Gasteiger partial charge in [-0.15, -0.1) is 0 Å². The standard InChI is InChI=1S/C20H15ClN4O2/c21-15-9-5-4-8-14(15)19-23-20(27-24-19)18-16-11-26-17(10-25(16)12-22-18)13-6-2-1-3-7-13/h1-9,12,17H,10-11H2/t17-/m1/s1. The first-order valence-corrected chi connectivity index (χ1v) is 8.97. The van der Waals surface area contributed by atoms with Crippen molar-refractivity contribution in [2.45, 2.75) is 19.3 Å². The maximum Gasteiger partial charge on any atom is 0.278 e. The molecular formula is C20H15ClN4O2. The zero-order valence-electron chi connectivity index (χ0n) is 14.2. The van der Waals surface area contributed by atoms with Gasteiger partial charge in [0, 0.05) is 5.56 Å². The first kappa shape index (κ1) is 16.2. The highest BCUT2D eigenvalue weighted by molar-refractivity contribution is 6.33. The number of ether oxygens (including phenoxy) is 1. The molecule has 0 saturated heterocycles. The van der Waals surface area contributed by atoms with Gasteiger partial charge in [-0.25, -0.2) is 4.98 Å². The van der Waals surface area contributed by atoms with Crippen LogP contribution in [0.4, 0.5) is 0 Å². The number of rotatable bonds is 3. The Kier molecular flexibility index (Phi) is 3.99. The summed E-state index contributed by atoms with van der Waals surface area (Å²) in [5.41, 5.74) is 3.45. The molecule has 3 heterocycles. The second-order valence-electron chi connectivity index (χ2n) is 6.31. The summed E-state index contributed by atoms with van der Waals surface area (Å²) in [5.74, 6) is 0.802. The molecule has 1 aliphatic heterocycles. The quantitative estimate of drug-likeness (QED) is 0.524. The highest BCUT2D eigenvalue weighted by atomic mass is 35.5. The molecule has 0 radical (unpaired) electrons. The monoisotopic (exact) mass is 378 g/mol. The number of aromatic nitrogens is 4. The lowest BCUT2D eigenvalue weighted by atomic mass is 10.1. The van der Waals surface area contributed by atoms with Crippen LogP contribution in [0.2, 0.25) is 5.02 Å². The summed E-state index contributed by atoms with van der Waals surface area (Å²) in [4.78, 5) is 8.95. The van der Waals surface area contributed by atoms with Gasteiger partial charge in [-0.2, -0.15) is 4.98 Å². The van der Waals surface area contributed by atoms with Gasteiger partial charge < -0.3 is 13.8 Å². The number of imidazole rings is 1. The maximum absolute atomic E-state index is 6.22. The molecule has 2 aromatic carbocycles. The van der Waals surface area contributed by atoms with Crippen LogP contribution < -0.4 is 0 Å². The summed E-state index contributed by atoms with van der Waals surface area (Å²) in [7, 11) is 0.